The van der Waals surface area contributed by atoms with Gasteiger partial charge in [0.2, 0.25) is 5.91 Å². The minimum absolute atomic E-state index is 0. The molecule has 0 fully saturated rings. The van der Waals surface area contributed by atoms with Crippen molar-refractivity contribution in [2.24, 2.45) is 0 Å². The number of hydrogen-bond acceptors (Lipinski definition) is 5. The Labute approximate surface area is 180 Å². The van der Waals surface area contributed by atoms with Gasteiger partial charge in [-0.05, 0) is 24.6 Å². The van der Waals surface area contributed by atoms with E-state index < -0.39 is 15.9 Å². The second-order valence-corrected chi connectivity index (χ2v) is 7.42. The standard InChI is InChI=1S/C19H18N2O4S.Na/c1-3-17(22)21-26(23,24)16-11-9-14(10-12-16)18-13(2)25-20-19(18)15-7-5-4-6-8-15;/h4-12H,3H2,1-2H3,(H,21,22);. The Bertz CT molecular complexity index is 1030. The first kappa shape index (κ1) is 21.4. The first-order chi connectivity index (χ1) is 12.4. The van der Waals surface area contributed by atoms with Crippen molar-refractivity contribution in [3.05, 3.63) is 60.4 Å². The molecule has 2 aromatic carbocycles. The van der Waals surface area contributed by atoms with Crippen LogP contribution in [-0.4, -0.2) is 49.0 Å². The number of amides is 1. The number of carbonyl (C=O) groups excluding carboxylic acids is 1. The van der Waals surface area contributed by atoms with Crippen molar-refractivity contribution in [2.45, 2.75) is 25.2 Å². The van der Waals surface area contributed by atoms with Gasteiger partial charge in [-0.15, -0.1) is 0 Å². The van der Waals surface area contributed by atoms with Gasteiger partial charge in [-0.1, -0.05) is 54.5 Å². The Hall–Kier alpha value is -1.93. The van der Waals surface area contributed by atoms with E-state index in [1.807, 2.05) is 35.1 Å². The molecule has 27 heavy (non-hydrogen) atoms. The molecule has 0 bridgehead atoms. The average molecular weight is 393 g/mol. The van der Waals surface area contributed by atoms with Gasteiger partial charge in [0.15, 0.2) is 0 Å². The first-order valence-electron chi connectivity index (χ1n) is 8.10. The summed E-state index contributed by atoms with van der Waals surface area (Å²) in [5.74, 6) is 0.0917. The van der Waals surface area contributed by atoms with Crippen molar-refractivity contribution < 1.29 is 17.7 Å². The average Bonchev–Trinajstić information content (AvgIpc) is 3.03. The number of carbonyl (C=O) groups is 1. The Kier molecular flexibility index (Phi) is 7.00. The van der Waals surface area contributed by atoms with E-state index in [0.717, 1.165) is 16.7 Å². The molecule has 135 valence electrons. The fraction of sp³-hybridized carbons (Fsp3) is 0.158. The van der Waals surface area contributed by atoms with Crippen molar-refractivity contribution in [3.63, 3.8) is 0 Å². The number of sulfonamides is 1. The van der Waals surface area contributed by atoms with Gasteiger partial charge in [0.1, 0.15) is 11.5 Å². The van der Waals surface area contributed by atoms with E-state index in [0.29, 0.717) is 11.5 Å². The van der Waals surface area contributed by atoms with Crippen molar-refractivity contribution in [3.8, 4) is 22.4 Å². The number of aromatic nitrogens is 1. The molecule has 1 radical (unpaired) electrons. The summed E-state index contributed by atoms with van der Waals surface area (Å²) >= 11 is 0. The summed E-state index contributed by atoms with van der Waals surface area (Å²) in [4.78, 5) is 11.4. The number of nitrogens with one attached hydrogen (secondary N) is 1. The monoisotopic (exact) mass is 393 g/mol. The maximum absolute atomic E-state index is 12.2. The molecule has 0 unspecified atom stereocenters. The van der Waals surface area contributed by atoms with Crippen molar-refractivity contribution in [1.29, 1.82) is 0 Å². The zero-order valence-electron chi connectivity index (χ0n) is 15.4. The van der Waals surface area contributed by atoms with Gasteiger partial charge in [0, 0.05) is 41.5 Å². The molecular weight excluding hydrogens is 375 g/mol. The van der Waals surface area contributed by atoms with Crippen molar-refractivity contribution in [2.75, 3.05) is 0 Å². The van der Waals surface area contributed by atoms with Crippen LogP contribution in [0.25, 0.3) is 22.4 Å². The van der Waals surface area contributed by atoms with Crippen LogP contribution >= 0.6 is 0 Å². The third-order valence-corrected chi connectivity index (χ3v) is 5.32. The van der Waals surface area contributed by atoms with E-state index in [1.54, 1.807) is 26.0 Å². The van der Waals surface area contributed by atoms with E-state index in [2.05, 4.69) is 5.16 Å². The molecule has 0 aliphatic heterocycles. The predicted octanol–water partition coefficient (Wildman–Crippen LogP) is 3.15. The molecule has 0 spiro atoms. The van der Waals surface area contributed by atoms with Gasteiger partial charge < -0.3 is 4.52 Å². The summed E-state index contributed by atoms with van der Waals surface area (Å²) in [7, 11) is -3.87. The van der Waals surface area contributed by atoms with Crippen LogP contribution in [0.15, 0.2) is 64.0 Å². The topological polar surface area (TPSA) is 89.3 Å². The molecule has 0 saturated heterocycles. The largest absolute Gasteiger partial charge is 0.360 e. The Balaban J connectivity index is 0.00000261. The van der Waals surface area contributed by atoms with Crippen LogP contribution < -0.4 is 4.72 Å². The quantitative estimate of drug-likeness (QED) is 0.673. The predicted molar refractivity (Wildman–Crippen MR) is 103 cm³/mol. The Morgan fingerprint density at radius 3 is 2.26 bits per heavy atom. The normalized spacial score (nSPS) is 10.9. The minimum Gasteiger partial charge on any atom is -0.360 e. The van der Waals surface area contributed by atoms with Crippen molar-refractivity contribution >= 4 is 45.5 Å². The van der Waals surface area contributed by atoms with Gasteiger partial charge in [0.05, 0.1) is 10.5 Å². The van der Waals surface area contributed by atoms with E-state index >= 15 is 0 Å². The molecule has 0 aliphatic carbocycles. The summed E-state index contributed by atoms with van der Waals surface area (Å²) in [6.07, 6.45) is 0.0949. The summed E-state index contributed by atoms with van der Waals surface area (Å²) in [5, 5.41) is 4.13. The number of hydrogen-bond donors (Lipinski definition) is 1. The molecule has 1 heterocycles. The third-order valence-electron chi connectivity index (χ3n) is 3.93. The van der Waals surface area contributed by atoms with Crippen LogP contribution in [0, 0.1) is 6.92 Å². The second kappa shape index (κ2) is 8.84. The molecule has 6 nitrogen and oxygen atoms in total. The molecule has 0 atom stereocenters. The molecule has 1 aromatic heterocycles. The molecule has 3 aromatic rings. The van der Waals surface area contributed by atoms with E-state index in [-0.39, 0.29) is 40.9 Å². The molecule has 1 N–H and O–H groups in total. The van der Waals surface area contributed by atoms with Crippen LogP contribution in [0.1, 0.15) is 19.1 Å². The molecule has 0 aliphatic rings. The number of rotatable bonds is 5. The summed E-state index contributed by atoms with van der Waals surface area (Å²) in [6, 6.07) is 15.9. The maximum atomic E-state index is 12.2. The van der Waals surface area contributed by atoms with Gasteiger partial charge in [-0.25, -0.2) is 13.1 Å². The van der Waals surface area contributed by atoms with Gasteiger partial charge in [-0.3, -0.25) is 4.79 Å². The Morgan fingerprint density at radius 1 is 1.04 bits per heavy atom. The smallest absolute Gasteiger partial charge is 0.264 e. The number of aryl methyl sites for hydroxylation is 1. The molecule has 0 saturated carbocycles. The summed E-state index contributed by atoms with van der Waals surface area (Å²) in [5.41, 5.74) is 3.19. The van der Waals surface area contributed by atoms with Gasteiger partial charge in [0.25, 0.3) is 10.0 Å². The van der Waals surface area contributed by atoms with Gasteiger partial charge in [-0.2, -0.15) is 0 Å². The number of benzene rings is 2. The van der Waals surface area contributed by atoms with Crippen LogP contribution in [0.4, 0.5) is 0 Å². The van der Waals surface area contributed by atoms with Crippen LogP contribution in [-0.2, 0) is 14.8 Å². The van der Waals surface area contributed by atoms with E-state index in [4.69, 9.17) is 4.52 Å². The fourth-order valence-corrected chi connectivity index (χ4v) is 3.64. The third kappa shape index (κ3) is 4.68. The zero-order valence-corrected chi connectivity index (χ0v) is 18.2. The molecule has 3 rings (SSSR count). The number of nitrogens with zero attached hydrogens (tertiary/aromatic N) is 1. The second-order valence-electron chi connectivity index (χ2n) is 5.73. The maximum Gasteiger partial charge on any atom is 0.264 e. The fourth-order valence-electron chi connectivity index (χ4n) is 2.59. The summed E-state index contributed by atoms with van der Waals surface area (Å²) in [6.45, 7) is 3.40. The molecule has 8 heteroatoms. The molecular formula is C19H18N2NaO4S. The van der Waals surface area contributed by atoms with Crippen LogP contribution in [0.3, 0.4) is 0 Å². The minimum atomic E-state index is -3.87. The van der Waals surface area contributed by atoms with Crippen LogP contribution in [0.2, 0.25) is 0 Å². The van der Waals surface area contributed by atoms with Gasteiger partial charge >= 0.3 is 0 Å². The summed E-state index contributed by atoms with van der Waals surface area (Å²) < 4.78 is 31.8. The first-order valence-corrected chi connectivity index (χ1v) is 9.58. The molecule has 1 amide bonds. The van der Waals surface area contributed by atoms with E-state index in [9.17, 15) is 13.2 Å². The van der Waals surface area contributed by atoms with E-state index in [1.165, 1.54) is 12.1 Å². The van der Waals surface area contributed by atoms with Crippen LogP contribution in [0.5, 0.6) is 0 Å². The zero-order chi connectivity index (χ0) is 18.7. The van der Waals surface area contributed by atoms with Crippen molar-refractivity contribution in [1.82, 2.24) is 9.88 Å². The SMILES string of the molecule is CCC(=O)NS(=O)(=O)c1ccc(-c2c(-c3ccccc3)noc2C)cc1.[Na]. The Morgan fingerprint density at radius 2 is 1.67 bits per heavy atom.